The monoisotopic (exact) mass is 544 g/mol. The average Bonchev–Trinajstić information content (AvgIpc) is 2.87. The Hall–Kier alpha value is -2.07. The van der Waals surface area contributed by atoms with Gasteiger partial charge >= 0.3 is 0 Å². The predicted molar refractivity (Wildman–Crippen MR) is 105 cm³/mol. The van der Waals surface area contributed by atoms with Crippen molar-refractivity contribution in [2.75, 3.05) is 0 Å². The molecule has 0 amide bonds. The van der Waals surface area contributed by atoms with E-state index in [2.05, 4.69) is 4.74 Å². The van der Waals surface area contributed by atoms with Crippen LogP contribution in [0.15, 0.2) is 0 Å². The maximum Gasteiger partial charge on any atom is 0.295 e. The standard InChI is InChI=1S/C19H28O18/c1-5-6(23)8(25)13(18(33-5)31-3-21)34-17-12(29)9(26)14(19(37-17)32-4-22)35-16-11(28)7(24)10(27)15(36-16)30-2-20/h2-19,23-29H,1H3/t5-,6?,7?,8?,9?,10-,11?,12+,13-,14-,15?,16+,17+,18?,19?/m0/s1. The lowest BCUT2D eigenvalue weighted by Crippen LogP contribution is -2.66. The second-order valence-electron chi connectivity index (χ2n) is 8.29. The van der Waals surface area contributed by atoms with Gasteiger partial charge in [0.1, 0.15) is 42.7 Å². The van der Waals surface area contributed by atoms with Gasteiger partial charge in [-0.25, -0.2) is 0 Å². The second-order valence-corrected chi connectivity index (χ2v) is 8.29. The van der Waals surface area contributed by atoms with E-state index >= 15 is 0 Å². The van der Waals surface area contributed by atoms with E-state index < -0.39 is 92.5 Å². The summed E-state index contributed by atoms with van der Waals surface area (Å²) in [6, 6.07) is 0. The molecule has 18 heteroatoms. The van der Waals surface area contributed by atoms with E-state index in [9.17, 15) is 50.1 Å². The average molecular weight is 544 g/mol. The Morgan fingerprint density at radius 2 is 0.865 bits per heavy atom. The number of aliphatic hydroxyl groups excluding tert-OH is 7. The molecule has 0 spiro atoms. The van der Waals surface area contributed by atoms with Crippen molar-refractivity contribution in [3.05, 3.63) is 0 Å². The number of aliphatic hydroxyl groups is 7. The molecule has 3 fully saturated rings. The molecule has 3 rings (SSSR count). The van der Waals surface area contributed by atoms with E-state index in [0.29, 0.717) is 0 Å². The summed E-state index contributed by atoms with van der Waals surface area (Å²) in [5, 5.41) is 71.7. The SMILES string of the molecule is C[C@@H]1OC(OC=O)[C@@H](O[C@@H]2OC(OC=O)[C@@H](O[C@@H]3OC(OC=O)[C@@H](O)C(O)C3O)C(O)[C@H]2O)C(O)C1O. The van der Waals surface area contributed by atoms with E-state index in [-0.39, 0.29) is 19.4 Å². The van der Waals surface area contributed by atoms with Gasteiger partial charge in [0.2, 0.25) is 18.9 Å². The Balaban J connectivity index is 1.77. The molecule has 212 valence electrons. The predicted octanol–water partition coefficient (Wildman–Crippen LogP) is -6.09. The van der Waals surface area contributed by atoms with Crippen LogP contribution in [0.3, 0.4) is 0 Å². The minimum absolute atomic E-state index is 0.0181. The summed E-state index contributed by atoms with van der Waals surface area (Å²) in [4.78, 5) is 32.5. The summed E-state index contributed by atoms with van der Waals surface area (Å²) in [6.45, 7) is 1.12. The molecule has 0 radical (unpaired) electrons. The van der Waals surface area contributed by atoms with Crippen LogP contribution in [0.1, 0.15) is 6.92 Å². The fourth-order valence-electron chi connectivity index (χ4n) is 3.95. The highest BCUT2D eigenvalue weighted by atomic mass is 16.8. The molecule has 18 nitrogen and oxygen atoms in total. The zero-order valence-electron chi connectivity index (χ0n) is 19.0. The third kappa shape index (κ3) is 6.16. The molecule has 0 bridgehead atoms. The lowest BCUT2D eigenvalue weighted by molar-refractivity contribution is -0.407. The molecule has 3 aliphatic rings. The molecule has 3 aliphatic heterocycles. The molecule has 7 N–H and O–H groups in total. The molecule has 0 aromatic rings. The molecule has 0 saturated carbocycles. The zero-order valence-corrected chi connectivity index (χ0v) is 19.0. The van der Waals surface area contributed by atoms with Crippen molar-refractivity contribution in [1.82, 2.24) is 0 Å². The van der Waals surface area contributed by atoms with E-state index in [1.807, 2.05) is 0 Å². The van der Waals surface area contributed by atoms with Crippen molar-refractivity contribution in [2.24, 2.45) is 0 Å². The maximum absolute atomic E-state index is 11.1. The first kappa shape index (κ1) is 29.5. The van der Waals surface area contributed by atoms with Crippen molar-refractivity contribution in [3.63, 3.8) is 0 Å². The Morgan fingerprint density at radius 3 is 1.38 bits per heavy atom. The van der Waals surface area contributed by atoms with Crippen LogP contribution < -0.4 is 0 Å². The van der Waals surface area contributed by atoms with Crippen LogP contribution >= 0.6 is 0 Å². The summed E-state index contributed by atoms with van der Waals surface area (Å²) in [6.07, 6.45) is -26.7. The lowest BCUT2D eigenvalue weighted by Gasteiger charge is -2.47. The highest BCUT2D eigenvalue weighted by Crippen LogP contribution is 2.32. The number of hydrogen-bond acceptors (Lipinski definition) is 18. The molecule has 0 aliphatic carbocycles. The molecule has 3 heterocycles. The maximum atomic E-state index is 11.1. The van der Waals surface area contributed by atoms with Crippen LogP contribution in [0.5, 0.6) is 0 Å². The van der Waals surface area contributed by atoms with Crippen molar-refractivity contribution in [1.29, 1.82) is 0 Å². The van der Waals surface area contributed by atoms with Gasteiger partial charge in [0.05, 0.1) is 6.10 Å². The van der Waals surface area contributed by atoms with Crippen LogP contribution in [0.4, 0.5) is 0 Å². The Morgan fingerprint density at radius 1 is 0.486 bits per heavy atom. The molecule has 37 heavy (non-hydrogen) atoms. The zero-order chi connectivity index (χ0) is 27.4. The third-order valence-electron chi connectivity index (χ3n) is 5.96. The van der Waals surface area contributed by atoms with Gasteiger partial charge in [0.25, 0.3) is 19.4 Å². The van der Waals surface area contributed by atoms with Gasteiger partial charge in [-0.1, -0.05) is 0 Å². The molecule has 0 aromatic carbocycles. The van der Waals surface area contributed by atoms with E-state index in [4.69, 9.17) is 33.2 Å². The first-order valence-corrected chi connectivity index (χ1v) is 10.9. The summed E-state index contributed by atoms with van der Waals surface area (Å²) >= 11 is 0. The number of carbonyl (C=O) groups is 3. The molecule has 8 unspecified atom stereocenters. The van der Waals surface area contributed by atoms with Crippen molar-refractivity contribution < 1.29 is 88.0 Å². The van der Waals surface area contributed by atoms with Crippen molar-refractivity contribution in [3.8, 4) is 0 Å². The minimum atomic E-state index is -2.04. The van der Waals surface area contributed by atoms with E-state index in [1.54, 1.807) is 0 Å². The Labute approximate surface area is 207 Å². The summed E-state index contributed by atoms with van der Waals surface area (Å²) in [7, 11) is 0. The van der Waals surface area contributed by atoms with Crippen molar-refractivity contribution in [2.45, 2.75) is 99.4 Å². The third-order valence-corrected chi connectivity index (χ3v) is 5.96. The number of hydrogen-bond donors (Lipinski definition) is 7. The first-order chi connectivity index (χ1) is 17.5. The topological polar surface area (TPSA) is 267 Å². The van der Waals surface area contributed by atoms with Gasteiger partial charge in [-0.15, -0.1) is 0 Å². The van der Waals surface area contributed by atoms with Crippen LogP contribution in [-0.4, -0.2) is 148 Å². The highest BCUT2D eigenvalue weighted by molar-refractivity contribution is 5.38. The van der Waals surface area contributed by atoms with Crippen molar-refractivity contribution >= 4 is 19.4 Å². The van der Waals surface area contributed by atoms with Gasteiger partial charge in [-0.05, 0) is 6.92 Å². The Kier molecular flexibility index (Phi) is 10.1. The van der Waals surface area contributed by atoms with Gasteiger partial charge < -0.3 is 73.6 Å². The largest absolute Gasteiger partial charge is 0.435 e. The van der Waals surface area contributed by atoms with Crippen LogP contribution in [0.25, 0.3) is 0 Å². The first-order valence-electron chi connectivity index (χ1n) is 10.9. The fourth-order valence-corrected chi connectivity index (χ4v) is 3.95. The molecular weight excluding hydrogens is 516 g/mol. The molecular formula is C19H28O18. The molecule has 0 aromatic heterocycles. The Bertz CT molecular complexity index is 769. The van der Waals surface area contributed by atoms with Crippen LogP contribution in [0.2, 0.25) is 0 Å². The minimum Gasteiger partial charge on any atom is -0.435 e. The smallest absolute Gasteiger partial charge is 0.295 e. The van der Waals surface area contributed by atoms with Gasteiger partial charge in [-0.3, -0.25) is 14.4 Å². The normalized spacial score (nSPS) is 48.5. The summed E-state index contributed by atoms with van der Waals surface area (Å²) in [5.74, 6) is 0. The van der Waals surface area contributed by atoms with Gasteiger partial charge in [-0.2, -0.15) is 0 Å². The van der Waals surface area contributed by atoms with E-state index in [0.717, 1.165) is 0 Å². The number of rotatable bonds is 10. The number of ether oxygens (including phenoxy) is 8. The quantitative estimate of drug-likeness (QED) is 0.0995. The van der Waals surface area contributed by atoms with Gasteiger partial charge in [0, 0.05) is 0 Å². The molecule has 15 atom stereocenters. The summed E-state index contributed by atoms with van der Waals surface area (Å²) < 4.78 is 40.3. The summed E-state index contributed by atoms with van der Waals surface area (Å²) in [5.41, 5.74) is 0. The number of carbonyl (C=O) groups excluding carboxylic acids is 3. The fraction of sp³-hybridized carbons (Fsp3) is 0.842. The lowest BCUT2D eigenvalue weighted by atomic mass is 9.99. The van der Waals surface area contributed by atoms with E-state index in [1.165, 1.54) is 6.92 Å². The second kappa shape index (κ2) is 12.7. The van der Waals surface area contributed by atoms with Crippen LogP contribution in [0, 0.1) is 0 Å². The molecule has 3 saturated heterocycles. The highest BCUT2D eigenvalue weighted by Gasteiger charge is 2.54. The van der Waals surface area contributed by atoms with Crippen LogP contribution in [-0.2, 0) is 52.3 Å². The van der Waals surface area contributed by atoms with Gasteiger partial charge in [0.15, 0.2) is 24.8 Å².